The van der Waals surface area contributed by atoms with Gasteiger partial charge in [-0.3, -0.25) is 0 Å². The first-order valence-corrected chi connectivity index (χ1v) is 14.0. The van der Waals surface area contributed by atoms with E-state index in [2.05, 4.69) is 43.6 Å². The Hall–Kier alpha value is -3.88. The summed E-state index contributed by atoms with van der Waals surface area (Å²) in [5.41, 5.74) is 3.41. The number of oxazole rings is 1. The highest BCUT2D eigenvalue weighted by Crippen LogP contribution is 2.36. The molecule has 2 fully saturated rings. The van der Waals surface area contributed by atoms with Crippen molar-refractivity contribution in [2.75, 3.05) is 30.4 Å². The first-order chi connectivity index (χ1) is 19.1. The van der Waals surface area contributed by atoms with Gasteiger partial charge in [0.05, 0.1) is 30.8 Å². The van der Waals surface area contributed by atoms with Crippen molar-refractivity contribution in [1.29, 1.82) is 0 Å². The molecule has 1 aliphatic carbocycles. The van der Waals surface area contributed by atoms with Crippen LogP contribution >= 0.6 is 0 Å². The van der Waals surface area contributed by atoms with Crippen molar-refractivity contribution in [2.24, 2.45) is 11.8 Å². The van der Waals surface area contributed by atoms with Gasteiger partial charge in [0.15, 0.2) is 11.4 Å². The Bertz CT molecular complexity index is 1450. The van der Waals surface area contributed by atoms with E-state index in [9.17, 15) is 4.79 Å². The molecule has 2 aliphatic rings. The van der Waals surface area contributed by atoms with Crippen molar-refractivity contribution < 1.29 is 13.9 Å². The summed E-state index contributed by atoms with van der Waals surface area (Å²) in [6.07, 6.45) is 12.4. The van der Waals surface area contributed by atoms with Gasteiger partial charge in [-0.15, -0.1) is 0 Å². The number of rotatable bonds is 7. The van der Waals surface area contributed by atoms with Gasteiger partial charge in [0.1, 0.15) is 5.82 Å². The zero-order chi connectivity index (χ0) is 26.8. The van der Waals surface area contributed by atoms with E-state index in [1.54, 1.807) is 18.3 Å². The van der Waals surface area contributed by atoms with Gasteiger partial charge in [-0.2, -0.15) is 5.10 Å². The Morgan fingerprint density at radius 2 is 2.05 bits per heavy atom. The first-order valence-electron chi connectivity index (χ1n) is 14.0. The number of methoxy groups -OCH3 is 1. The SMILES string of the molecule is COC(=O)c1cccc(-c2cnc(N[C@@H]3CCCC[C@H]3C[C@H]3CCCN(c4ccc5nc(C)nn5c4)C3)o2)c1. The van der Waals surface area contributed by atoms with Crippen LogP contribution in [0.4, 0.5) is 11.7 Å². The molecule has 204 valence electrons. The summed E-state index contributed by atoms with van der Waals surface area (Å²) in [6.45, 7) is 4.08. The summed E-state index contributed by atoms with van der Waals surface area (Å²) < 4.78 is 12.8. The van der Waals surface area contributed by atoms with Gasteiger partial charge in [0, 0.05) is 24.7 Å². The van der Waals surface area contributed by atoms with Gasteiger partial charge in [-0.25, -0.2) is 19.3 Å². The number of nitrogens with zero attached hydrogens (tertiary/aromatic N) is 5. The van der Waals surface area contributed by atoms with Gasteiger partial charge >= 0.3 is 5.97 Å². The average molecular weight is 529 g/mol. The van der Waals surface area contributed by atoms with Crippen LogP contribution in [0.5, 0.6) is 0 Å². The van der Waals surface area contributed by atoms with E-state index in [0.717, 1.165) is 36.5 Å². The molecule has 1 aliphatic heterocycles. The van der Waals surface area contributed by atoms with Crippen LogP contribution in [-0.4, -0.2) is 51.8 Å². The molecule has 3 atom stereocenters. The van der Waals surface area contributed by atoms with Crippen molar-refractivity contribution in [1.82, 2.24) is 19.6 Å². The number of ether oxygens (including phenoxy) is 1. The molecule has 0 spiro atoms. The fourth-order valence-corrected chi connectivity index (χ4v) is 6.32. The number of carbonyl (C=O) groups is 1. The van der Waals surface area contributed by atoms with Crippen molar-refractivity contribution in [2.45, 2.75) is 57.9 Å². The van der Waals surface area contributed by atoms with E-state index in [0.29, 0.717) is 35.2 Å². The van der Waals surface area contributed by atoms with Gasteiger partial charge in [-0.1, -0.05) is 25.0 Å². The lowest BCUT2D eigenvalue weighted by Gasteiger charge is -2.39. The molecule has 0 bridgehead atoms. The minimum Gasteiger partial charge on any atom is -0.465 e. The van der Waals surface area contributed by atoms with Crippen LogP contribution in [0.25, 0.3) is 17.0 Å². The molecule has 4 heterocycles. The highest BCUT2D eigenvalue weighted by Gasteiger charge is 2.31. The number of carbonyl (C=O) groups excluding carboxylic acids is 1. The highest BCUT2D eigenvalue weighted by molar-refractivity contribution is 5.90. The molecule has 9 nitrogen and oxygen atoms in total. The second kappa shape index (κ2) is 11.1. The topological polar surface area (TPSA) is 97.8 Å². The molecule has 0 unspecified atom stereocenters. The lowest BCUT2D eigenvalue weighted by Crippen LogP contribution is -2.39. The van der Waals surface area contributed by atoms with Gasteiger partial charge < -0.3 is 19.4 Å². The number of benzene rings is 1. The number of aromatic nitrogens is 4. The Labute approximate surface area is 228 Å². The molecule has 4 aromatic rings. The van der Waals surface area contributed by atoms with Gasteiger partial charge in [-0.05, 0) is 75.1 Å². The molecule has 1 saturated heterocycles. The van der Waals surface area contributed by atoms with E-state index in [4.69, 9.17) is 9.15 Å². The Kier molecular flexibility index (Phi) is 7.22. The highest BCUT2D eigenvalue weighted by atomic mass is 16.5. The average Bonchev–Trinajstić information content (AvgIpc) is 3.59. The second-order valence-electron chi connectivity index (χ2n) is 10.9. The normalized spacial score (nSPS) is 21.7. The number of hydrogen-bond donors (Lipinski definition) is 1. The van der Waals surface area contributed by atoms with Crippen molar-refractivity contribution in [3.05, 3.63) is 60.2 Å². The lowest BCUT2D eigenvalue weighted by molar-refractivity contribution is 0.0601. The fraction of sp³-hybridized carbons (Fsp3) is 0.467. The molecule has 39 heavy (non-hydrogen) atoms. The maximum atomic E-state index is 11.9. The van der Waals surface area contributed by atoms with Crippen LogP contribution in [-0.2, 0) is 4.74 Å². The van der Waals surface area contributed by atoms with E-state index in [1.807, 2.05) is 23.6 Å². The summed E-state index contributed by atoms with van der Waals surface area (Å²) in [4.78, 5) is 23.4. The number of fused-ring (bicyclic) bond motifs is 1. The molecule has 0 amide bonds. The maximum Gasteiger partial charge on any atom is 0.337 e. The smallest absolute Gasteiger partial charge is 0.337 e. The summed E-state index contributed by atoms with van der Waals surface area (Å²) in [6, 6.07) is 12.4. The lowest BCUT2D eigenvalue weighted by atomic mass is 9.77. The number of aryl methyl sites for hydroxylation is 1. The van der Waals surface area contributed by atoms with Crippen molar-refractivity contribution in [3.63, 3.8) is 0 Å². The molecule has 3 aromatic heterocycles. The maximum absolute atomic E-state index is 11.9. The second-order valence-corrected chi connectivity index (χ2v) is 10.9. The van der Waals surface area contributed by atoms with Crippen LogP contribution in [0.2, 0.25) is 0 Å². The van der Waals surface area contributed by atoms with Crippen LogP contribution in [0.15, 0.2) is 53.2 Å². The predicted molar refractivity (Wildman–Crippen MR) is 150 cm³/mol. The van der Waals surface area contributed by atoms with Gasteiger partial charge in [0.2, 0.25) is 0 Å². The van der Waals surface area contributed by atoms with Crippen molar-refractivity contribution in [3.8, 4) is 11.3 Å². The third-order valence-corrected chi connectivity index (χ3v) is 8.23. The monoisotopic (exact) mass is 528 g/mol. The Morgan fingerprint density at radius 3 is 2.95 bits per heavy atom. The quantitative estimate of drug-likeness (QED) is 0.303. The van der Waals surface area contributed by atoms with Crippen LogP contribution in [0, 0.1) is 18.8 Å². The van der Waals surface area contributed by atoms with E-state index < -0.39 is 0 Å². The zero-order valence-corrected chi connectivity index (χ0v) is 22.7. The number of piperidine rings is 1. The van der Waals surface area contributed by atoms with E-state index in [1.165, 1.54) is 51.3 Å². The molecule has 1 N–H and O–H groups in total. The van der Waals surface area contributed by atoms with Crippen LogP contribution < -0.4 is 10.2 Å². The minimum atomic E-state index is -0.366. The number of esters is 1. The zero-order valence-electron chi connectivity index (χ0n) is 22.7. The van der Waals surface area contributed by atoms with Gasteiger partial charge in [0.25, 0.3) is 6.01 Å². The molecule has 1 aromatic carbocycles. The third-order valence-electron chi connectivity index (χ3n) is 8.23. The Morgan fingerprint density at radius 1 is 1.15 bits per heavy atom. The van der Waals surface area contributed by atoms with Crippen molar-refractivity contribution >= 4 is 23.3 Å². The molecular weight excluding hydrogens is 492 g/mol. The summed E-state index contributed by atoms with van der Waals surface area (Å²) in [7, 11) is 1.38. The molecular formula is C30H36N6O3. The Balaban J connectivity index is 1.11. The summed E-state index contributed by atoms with van der Waals surface area (Å²) in [5, 5.41) is 8.13. The molecule has 9 heteroatoms. The standard InChI is InChI=1S/C30H36N6O3/c1-20-32-28-13-12-25(19-36(28)34-20)35-14-6-7-21(18-35)15-22-8-3-4-11-26(22)33-30-31-17-27(39-30)23-9-5-10-24(16-23)29(37)38-2/h5,9-10,12-13,16-17,19,21-22,26H,3-4,6-8,11,14-15,18H2,1-2H3,(H,31,33)/t21-,22+,26-/m1/s1. The van der Waals surface area contributed by atoms with E-state index in [-0.39, 0.29) is 5.97 Å². The predicted octanol–water partition coefficient (Wildman–Crippen LogP) is 5.76. The third kappa shape index (κ3) is 5.62. The largest absolute Gasteiger partial charge is 0.465 e. The number of pyridine rings is 1. The fourth-order valence-electron chi connectivity index (χ4n) is 6.32. The van der Waals surface area contributed by atoms with Crippen LogP contribution in [0.1, 0.15) is 61.1 Å². The van der Waals surface area contributed by atoms with Crippen LogP contribution in [0.3, 0.4) is 0 Å². The first kappa shape index (κ1) is 25.4. The number of anilines is 2. The summed E-state index contributed by atoms with van der Waals surface area (Å²) >= 11 is 0. The minimum absolute atomic E-state index is 0.344. The molecule has 6 rings (SSSR count). The molecule has 0 radical (unpaired) electrons. The number of hydrogen-bond acceptors (Lipinski definition) is 8. The molecule has 1 saturated carbocycles. The number of nitrogens with one attached hydrogen (secondary N) is 1. The summed E-state index contributed by atoms with van der Waals surface area (Å²) in [5.74, 6) is 2.31. The van der Waals surface area contributed by atoms with E-state index >= 15 is 0 Å².